The van der Waals surface area contributed by atoms with Gasteiger partial charge in [-0.25, -0.2) is 0 Å². The topological polar surface area (TPSA) is 12.0 Å². The monoisotopic (exact) mass is 321 g/mol. The van der Waals surface area contributed by atoms with Crippen LogP contribution in [0.15, 0.2) is 11.4 Å². The van der Waals surface area contributed by atoms with E-state index >= 15 is 0 Å². The molecule has 102 valence electrons. The molecule has 0 spiro atoms. The Hall–Kier alpha value is 0.650. The fraction of sp³-hybridized carbons (Fsp3) is 0.692. The smallest absolute Gasteiger partial charge is 0.0561 e. The van der Waals surface area contributed by atoms with E-state index in [1.54, 1.807) is 11.3 Å². The molecule has 2 rings (SSSR count). The Morgan fingerprint density at radius 3 is 2.78 bits per heavy atom. The van der Waals surface area contributed by atoms with Crippen LogP contribution in [0.4, 0.5) is 0 Å². The maximum absolute atomic E-state index is 6.33. The Bertz CT molecular complexity index is 369. The van der Waals surface area contributed by atoms with E-state index in [1.807, 2.05) is 6.07 Å². The van der Waals surface area contributed by atoms with E-state index in [2.05, 4.69) is 48.1 Å². The van der Waals surface area contributed by atoms with E-state index in [1.165, 1.54) is 22.8 Å². The first-order valence-electron chi connectivity index (χ1n) is 6.47. The Balaban J connectivity index is 2.20. The number of nitrogens with one attached hydrogen (secondary N) is 1. The average molecular weight is 322 g/mol. The molecule has 0 saturated carbocycles. The van der Waals surface area contributed by atoms with Gasteiger partial charge in [0, 0.05) is 26.9 Å². The predicted octanol–water partition coefficient (Wildman–Crippen LogP) is 4.68. The number of thiophene rings is 1. The van der Waals surface area contributed by atoms with Crippen LogP contribution in [-0.2, 0) is 0 Å². The minimum Gasteiger partial charge on any atom is -0.309 e. The van der Waals surface area contributed by atoms with Crippen molar-refractivity contribution in [2.45, 2.75) is 36.8 Å². The molecule has 5 heteroatoms. The minimum absolute atomic E-state index is 0.408. The molecule has 2 heterocycles. The second kappa shape index (κ2) is 7.44. The summed E-state index contributed by atoms with van der Waals surface area (Å²) in [6.45, 7) is 5.47. The van der Waals surface area contributed by atoms with Crippen LogP contribution >= 0.6 is 46.5 Å². The van der Waals surface area contributed by atoms with Gasteiger partial charge in [0.25, 0.3) is 0 Å². The van der Waals surface area contributed by atoms with Crippen LogP contribution in [0.1, 0.15) is 31.2 Å². The van der Waals surface area contributed by atoms with Crippen LogP contribution in [0.3, 0.4) is 0 Å². The number of halogens is 1. The maximum Gasteiger partial charge on any atom is 0.0561 e. The summed E-state index contributed by atoms with van der Waals surface area (Å²) in [7, 11) is 0. The van der Waals surface area contributed by atoms with Crippen molar-refractivity contribution in [1.82, 2.24) is 5.32 Å². The Morgan fingerprint density at radius 1 is 1.39 bits per heavy atom. The molecule has 0 radical (unpaired) electrons. The van der Waals surface area contributed by atoms with E-state index in [9.17, 15) is 0 Å². The highest BCUT2D eigenvalue weighted by molar-refractivity contribution is 8.07. The second-order valence-electron chi connectivity index (χ2n) is 4.32. The normalized spacial score (nSPS) is 26.2. The van der Waals surface area contributed by atoms with Gasteiger partial charge in [0.05, 0.1) is 11.1 Å². The second-order valence-corrected chi connectivity index (χ2v) is 8.31. The van der Waals surface area contributed by atoms with Crippen LogP contribution in [0.2, 0.25) is 5.02 Å². The Morgan fingerprint density at radius 2 is 2.17 bits per heavy atom. The van der Waals surface area contributed by atoms with Gasteiger partial charge < -0.3 is 5.32 Å². The molecule has 1 aromatic heterocycles. The molecule has 1 nitrogen and oxygen atoms in total. The number of rotatable bonds is 5. The Labute approximate surface area is 127 Å². The molecule has 18 heavy (non-hydrogen) atoms. The summed E-state index contributed by atoms with van der Waals surface area (Å²) in [5.74, 6) is 2.55. The van der Waals surface area contributed by atoms with Gasteiger partial charge >= 0.3 is 0 Å². The molecule has 0 amide bonds. The fourth-order valence-electron chi connectivity index (χ4n) is 2.35. The molecule has 0 bridgehead atoms. The van der Waals surface area contributed by atoms with Crippen LogP contribution < -0.4 is 5.32 Å². The lowest BCUT2D eigenvalue weighted by Crippen LogP contribution is -2.38. The van der Waals surface area contributed by atoms with Crippen molar-refractivity contribution in [3.05, 3.63) is 21.3 Å². The quantitative estimate of drug-likeness (QED) is 0.845. The number of hydrogen-bond donors (Lipinski definition) is 1. The van der Waals surface area contributed by atoms with E-state index in [0.29, 0.717) is 11.3 Å². The lowest BCUT2D eigenvalue weighted by molar-refractivity contribution is 0.520. The number of thioether (sulfide) groups is 2. The molecule has 3 atom stereocenters. The summed E-state index contributed by atoms with van der Waals surface area (Å²) in [6.07, 6.45) is 1.24. The third-order valence-electron chi connectivity index (χ3n) is 3.17. The van der Waals surface area contributed by atoms with Crippen molar-refractivity contribution < 1.29 is 0 Å². The molecule has 1 aromatic rings. The zero-order chi connectivity index (χ0) is 13.0. The summed E-state index contributed by atoms with van der Waals surface area (Å²) in [4.78, 5) is 1.32. The van der Waals surface area contributed by atoms with Gasteiger partial charge in [0.1, 0.15) is 0 Å². The standard InChI is InChI=1S/C13H20ClNS3/c1-3-10-13(18-8-7-16-10)11(15-4-2)12-9(14)5-6-17-12/h5-6,10-11,13,15H,3-4,7-8H2,1-2H3. The Kier molecular flexibility index (Phi) is 6.22. The van der Waals surface area contributed by atoms with Gasteiger partial charge in [0.15, 0.2) is 0 Å². The molecule has 1 aliphatic rings. The maximum atomic E-state index is 6.33. The summed E-state index contributed by atoms with van der Waals surface area (Å²) < 4.78 is 0. The first-order chi connectivity index (χ1) is 8.77. The van der Waals surface area contributed by atoms with Gasteiger partial charge in [-0.15, -0.1) is 11.3 Å². The third-order valence-corrected chi connectivity index (χ3v) is 7.97. The molecule has 1 fully saturated rings. The fourth-order valence-corrected chi connectivity index (χ4v) is 6.97. The lowest BCUT2D eigenvalue weighted by atomic mass is 10.1. The summed E-state index contributed by atoms with van der Waals surface area (Å²) in [5.41, 5.74) is 0. The van der Waals surface area contributed by atoms with Crippen LogP contribution in [0, 0.1) is 0 Å². The summed E-state index contributed by atoms with van der Waals surface area (Å²) >= 11 is 12.4. The van der Waals surface area contributed by atoms with Crippen molar-refractivity contribution in [2.75, 3.05) is 18.1 Å². The minimum atomic E-state index is 0.408. The molecular weight excluding hydrogens is 302 g/mol. The lowest BCUT2D eigenvalue weighted by Gasteiger charge is -2.36. The largest absolute Gasteiger partial charge is 0.309 e. The molecule has 1 N–H and O–H groups in total. The molecule has 1 aliphatic heterocycles. The number of hydrogen-bond acceptors (Lipinski definition) is 4. The predicted molar refractivity (Wildman–Crippen MR) is 88.5 cm³/mol. The highest BCUT2D eigenvalue weighted by Crippen LogP contribution is 2.43. The van der Waals surface area contributed by atoms with E-state index in [0.717, 1.165) is 16.8 Å². The highest BCUT2D eigenvalue weighted by atomic mass is 35.5. The van der Waals surface area contributed by atoms with Gasteiger partial charge in [-0.1, -0.05) is 25.4 Å². The highest BCUT2D eigenvalue weighted by Gasteiger charge is 2.34. The van der Waals surface area contributed by atoms with Crippen molar-refractivity contribution in [3.8, 4) is 0 Å². The van der Waals surface area contributed by atoms with E-state index in [4.69, 9.17) is 11.6 Å². The van der Waals surface area contributed by atoms with Crippen molar-refractivity contribution >= 4 is 46.5 Å². The van der Waals surface area contributed by atoms with Crippen LogP contribution in [0.25, 0.3) is 0 Å². The van der Waals surface area contributed by atoms with Crippen LogP contribution in [0.5, 0.6) is 0 Å². The third kappa shape index (κ3) is 3.40. The van der Waals surface area contributed by atoms with Gasteiger partial charge in [0.2, 0.25) is 0 Å². The van der Waals surface area contributed by atoms with Gasteiger partial charge in [-0.3, -0.25) is 0 Å². The first kappa shape index (κ1) is 15.0. The van der Waals surface area contributed by atoms with E-state index in [-0.39, 0.29) is 0 Å². The molecule has 1 saturated heterocycles. The summed E-state index contributed by atoms with van der Waals surface area (Å²) in [6, 6.07) is 2.43. The zero-order valence-corrected chi connectivity index (χ0v) is 14.0. The average Bonchev–Trinajstić information content (AvgIpc) is 2.82. The van der Waals surface area contributed by atoms with Crippen LogP contribution in [-0.4, -0.2) is 28.6 Å². The molecular formula is C13H20ClNS3. The SMILES string of the molecule is CCNC(c1sccc1Cl)C1SCCSC1CC. The molecule has 0 aliphatic carbocycles. The van der Waals surface area contributed by atoms with Crippen molar-refractivity contribution in [1.29, 1.82) is 0 Å². The molecule has 0 aromatic carbocycles. The molecule has 3 unspecified atom stereocenters. The van der Waals surface area contributed by atoms with Crippen molar-refractivity contribution in [3.63, 3.8) is 0 Å². The summed E-state index contributed by atoms with van der Waals surface area (Å²) in [5, 5.41) is 8.07. The van der Waals surface area contributed by atoms with Crippen molar-refractivity contribution in [2.24, 2.45) is 0 Å². The zero-order valence-electron chi connectivity index (χ0n) is 10.8. The van der Waals surface area contributed by atoms with Gasteiger partial charge in [-0.2, -0.15) is 23.5 Å². The van der Waals surface area contributed by atoms with Gasteiger partial charge in [-0.05, 0) is 24.4 Å². The first-order valence-corrected chi connectivity index (χ1v) is 9.82. The van der Waals surface area contributed by atoms with E-state index < -0.39 is 0 Å².